The Hall–Kier alpha value is -3.39. The fourth-order valence-corrected chi connectivity index (χ4v) is 3.64. The molecule has 0 atom stereocenters. The summed E-state index contributed by atoms with van der Waals surface area (Å²) in [4.78, 5) is 21.8. The van der Waals surface area contributed by atoms with Gasteiger partial charge in [0.1, 0.15) is 21.5 Å². The second kappa shape index (κ2) is 7.79. The lowest BCUT2D eigenvalue weighted by Crippen LogP contribution is -2.14. The van der Waals surface area contributed by atoms with Gasteiger partial charge in [0.05, 0.1) is 11.9 Å². The maximum Gasteiger partial charge on any atom is 0.268 e. The summed E-state index contributed by atoms with van der Waals surface area (Å²) < 4.78 is 15.6. The van der Waals surface area contributed by atoms with Crippen molar-refractivity contribution in [3.63, 3.8) is 0 Å². The zero-order valence-corrected chi connectivity index (χ0v) is 17.6. The molecule has 1 aromatic carbocycles. The molecular formula is C22H20FN5OS. The van der Waals surface area contributed by atoms with Gasteiger partial charge < -0.3 is 5.32 Å². The van der Waals surface area contributed by atoms with Crippen LogP contribution in [0.2, 0.25) is 0 Å². The Balaban J connectivity index is 1.65. The van der Waals surface area contributed by atoms with Crippen molar-refractivity contribution in [2.75, 3.05) is 5.32 Å². The highest BCUT2D eigenvalue weighted by Crippen LogP contribution is 2.29. The molecule has 0 saturated carbocycles. The highest BCUT2D eigenvalue weighted by Gasteiger charge is 2.23. The van der Waals surface area contributed by atoms with Crippen molar-refractivity contribution in [3.05, 3.63) is 77.3 Å². The van der Waals surface area contributed by atoms with Gasteiger partial charge >= 0.3 is 0 Å². The smallest absolute Gasteiger partial charge is 0.268 e. The molecule has 8 heteroatoms. The minimum atomic E-state index is -0.373. The van der Waals surface area contributed by atoms with E-state index in [2.05, 4.69) is 20.4 Å². The first-order valence-corrected chi connectivity index (χ1v) is 10.2. The first kappa shape index (κ1) is 19.9. The van der Waals surface area contributed by atoms with Crippen LogP contribution < -0.4 is 5.32 Å². The number of carbonyl (C=O) groups excluding carboxylic acids is 1. The number of hydrogen-bond donors (Lipinski definition) is 1. The van der Waals surface area contributed by atoms with Crippen LogP contribution in [-0.2, 0) is 5.41 Å². The molecule has 3 heterocycles. The number of thiazole rings is 1. The molecule has 4 rings (SSSR count). The van der Waals surface area contributed by atoms with E-state index in [9.17, 15) is 9.18 Å². The van der Waals surface area contributed by atoms with Crippen molar-refractivity contribution < 1.29 is 9.18 Å². The number of benzene rings is 1. The molecule has 0 fully saturated rings. The molecule has 0 radical (unpaired) electrons. The van der Waals surface area contributed by atoms with Crippen molar-refractivity contribution in [3.8, 4) is 16.4 Å². The third-order valence-electron chi connectivity index (χ3n) is 4.42. The number of nitrogens with zero attached hydrogens (tertiary/aromatic N) is 4. The van der Waals surface area contributed by atoms with Crippen LogP contribution in [0.1, 0.15) is 36.1 Å². The monoisotopic (exact) mass is 421 g/mol. The SMILES string of the molecule is CC(C)(C)c1cc(NC(=O)c2cnc(-c3ccccc3F)s2)n(-c2ccccn2)n1. The second-order valence-corrected chi connectivity index (χ2v) is 8.76. The van der Waals surface area contributed by atoms with E-state index in [0.717, 1.165) is 17.0 Å². The van der Waals surface area contributed by atoms with Gasteiger partial charge in [-0.25, -0.2) is 14.4 Å². The molecule has 6 nitrogen and oxygen atoms in total. The standard InChI is InChI=1S/C22H20FN5OS/c1-22(2,3)17-12-19(28(27-17)18-10-6-7-11-24-18)26-20(29)16-13-25-21(30-16)14-8-4-5-9-15(14)23/h4-13H,1-3H3,(H,26,29). The normalized spacial score (nSPS) is 11.5. The van der Waals surface area contributed by atoms with Crippen LogP contribution in [0.4, 0.5) is 10.2 Å². The van der Waals surface area contributed by atoms with E-state index in [0.29, 0.717) is 27.1 Å². The molecule has 1 N–H and O–H groups in total. The average molecular weight is 422 g/mol. The molecular weight excluding hydrogens is 401 g/mol. The van der Waals surface area contributed by atoms with Crippen molar-refractivity contribution in [2.24, 2.45) is 0 Å². The first-order valence-electron chi connectivity index (χ1n) is 9.37. The number of amides is 1. The molecule has 0 aliphatic rings. The van der Waals surface area contributed by atoms with Gasteiger partial charge in [-0.3, -0.25) is 4.79 Å². The number of hydrogen-bond acceptors (Lipinski definition) is 5. The zero-order chi connectivity index (χ0) is 21.3. The van der Waals surface area contributed by atoms with Crippen LogP contribution in [0.5, 0.6) is 0 Å². The lowest BCUT2D eigenvalue weighted by molar-refractivity contribution is 0.102. The number of rotatable bonds is 4. The summed E-state index contributed by atoms with van der Waals surface area (Å²) in [6, 6.07) is 13.7. The number of aromatic nitrogens is 4. The molecule has 0 bridgehead atoms. The first-order chi connectivity index (χ1) is 14.3. The molecule has 152 valence electrons. The Morgan fingerprint density at radius 2 is 1.87 bits per heavy atom. The predicted molar refractivity (Wildman–Crippen MR) is 116 cm³/mol. The van der Waals surface area contributed by atoms with Crippen molar-refractivity contribution in [2.45, 2.75) is 26.2 Å². The Kier molecular flexibility index (Phi) is 5.17. The lowest BCUT2D eigenvalue weighted by Gasteiger charge is -2.13. The third-order valence-corrected chi connectivity index (χ3v) is 5.45. The highest BCUT2D eigenvalue weighted by molar-refractivity contribution is 7.17. The molecule has 0 aliphatic heterocycles. The van der Waals surface area contributed by atoms with E-state index in [4.69, 9.17) is 0 Å². The molecule has 3 aromatic heterocycles. The lowest BCUT2D eigenvalue weighted by atomic mass is 9.92. The molecule has 0 aliphatic carbocycles. The average Bonchev–Trinajstić information content (AvgIpc) is 3.36. The van der Waals surface area contributed by atoms with E-state index in [1.807, 2.05) is 45.0 Å². The van der Waals surface area contributed by atoms with Gasteiger partial charge in [-0.05, 0) is 24.3 Å². The summed E-state index contributed by atoms with van der Waals surface area (Å²) in [5.41, 5.74) is 0.983. The van der Waals surface area contributed by atoms with Crippen LogP contribution in [0.15, 0.2) is 60.9 Å². The summed E-state index contributed by atoms with van der Waals surface area (Å²) in [6.45, 7) is 6.15. The summed E-state index contributed by atoms with van der Waals surface area (Å²) in [5.74, 6) is 0.388. The van der Waals surface area contributed by atoms with Crippen molar-refractivity contribution in [1.29, 1.82) is 0 Å². The Bertz CT molecular complexity index is 1190. The second-order valence-electron chi connectivity index (χ2n) is 7.73. The molecule has 30 heavy (non-hydrogen) atoms. The van der Waals surface area contributed by atoms with Crippen molar-refractivity contribution >= 4 is 23.1 Å². The number of pyridine rings is 1. The molecule has 4 aromatic rings. The predicted octanol–water partition coefficient (Wildman–Crippen LogP) is 5.08. The van der Waals surface area contributed by atoms with Gasteiger partial charge in [-0.2, -0.15) is 9.78 Å². The Morgan fingerprint density at radius 3 is 2.57 bits per heavy atom. The fourth-order valence-electron chi connectivity index (χ4n) is 2.81. The Labute approximate surface area is 177 Å². The van der Waals surface area contributed by atoms with E-state index in [1.165, 1.54) is 12.3 Å². The number of carbonyl (C=O) groups is 1. The Morgan fingerprint density at radius 1 is 1.10 bits per heavy atom. The summed E-state index contributed by atoms with van der Waals surface area (Å²) in [7, 11) is 0. The summed E-state index contributed by atoms with van der Waals surface area (Å²) >= 11 is 1.13. The van der Waals surface area contributed by atoms with Gasteiger partial charge in [-0.15, -0.1) is 11.3 Å². The molecule has 0 unspecified atom stereocenters. The van der Waals surface area contributed by atoms with E-state index in [1.54, 1.807) is 29.1 Å². The van der Waals surface area contributed by atoms with Gasteiger partial charge in [0.25, 0.3) is 5.91 Å². The fraction of sp³-hybridized carbons (Fsp3) is 0.182. The van der Waals surface area contributed by atoms with Gasteiger partial charge in [0.2, 0.25) is 0 Å². The molecule has 1 amide bonds. The maximum absolute atomic E-state index is 14.0. The quantitative estimate of drug-likeness (QED) is 0.499. The van der Waals surface area contributed by atoms with Crippen molar-refractivity contribution in [1.82, 2.24) is 19.7 Å². The van der Waals surface area contributed by atoms with Gasteiger partial charge in [0.15, 0.2) is 5.82 Å². The topological polar surface area (TPSA) is 72.7 Å². The summed E-state index contributed by atoms with van der Waals surface area (Å²) in [6.07, 6.45) is 3.12. The maximum atomic E-state index is 14.0. The molecule has 0 spiro atoms. The number of anilines is 1. The van der Waals surface area contributed by atoms with Crippen LogP contribution in [0, 0.1) is 5.82 Å². The van der Waals surface area contributed by atoms with Crippen LogP contribution in [-0.4, -0.2) is 25.7 Å². The highest BCUT2D eigenvalue weighted by atomic mass is 32.1. The van der Waals surface area contributed by atoms with Gasteiger partial charge in [0, 0.05) is 23.2 Å². The number of nitrogens with one attached hydrogen (secondary N) is 1. The zero-order valence-electron chi connectivity index (χ0n) is 16.8. The minimum absolute atomic E-state index is 0.206. The largest absolute Gasteiger partial charge is 0.306 e. The number of halogens is 1. The molecule has 0 saturated heterocycles. The van der Waals surface area contributed by atoms with E-state index in [-0.39, 0.29) is 17.1 Å². The minimum Gasteiger partial charge on any atom is -0.306 e. The van der Waals surface area contributed by atoms with Crippen LogP contribution in [0.25, 0.3) is 16.4 Å². The van der Waals surface area contributed by atoms with E-state index < -0.39 is 0 Å². The van der Waals surface area contributed by atoms with Gasteiger partial charge in [-0.1, -0.05) is 39.0 Å². The third kappa shape index (κ3) is 3.99. The summed E-state index contributed by atoms with van der Waals surface area (Å²) in [5, 5.41) is 7.99. The van der Waals surface area contributed by atoms with E-state index >= 15 is 0 Å². The van der Waals surface area contributed by atoms with Crippen LogP contribution in [0.3, 0.4) is 0 Å². The van der Waals surface area contributed by atoms with Crippen LogP contribution >= 0.6 is 11.3 Å².